The molecule has 2 aliphatic heterocycles. The van der Waals surface area contributed by atoms with E-state index >= 15 is 0 Å². The normalized spacial score (nSPS) is 15.1. The van der Waals surface area contributed by atoms with Crippen molar-refractivity contribution in [2.75, 3.05) is 76.5 Å². The van der Waals surface area contributed by atoms with Crippen LogP contribution in [-0.2, 0) is 19.1 Å². The van der Waals surface area contributed by atoms with Gasteiger partial charge in [0.1, 0.15) is 10.3 Å². The van der Waals surface area contributed by atoms with E-state index in [4.69, 9.17) is 42.9 Å². The number of methoxy groups -OCH3 is 2. The van der Waals surface area contributed by atoms with Gasteiger partial charge in [-0.2, -0.15) is 10.2 Å². The Morgan fingerprint density at radius 1 is 0.750 bits per heavy atom. The smallest absolute Gasteiger partial charge is 0.226 e. The number of amides is 2. The minimum Gasteiger partial charge on any atom is -0.383 e. The summed E-state index contributed by atoms with van der Waals surface area (Å²) in [5.74, 6) is 1.84. The topological polar surface area (TPSA) is 145 Å². The van der Waals surface area contributed by atoms with Crippen LogP contribution in [0.15, 0.2) is 24.5 Å². The number of anilines is 2. The van der Waals surface area contributed by atoms with Crippen molar-refractivity contribution in [2.24, 2.45) is 11.8 Å². The highest BCUT2D eigenvalue weighted by Gasteiger charge is 2.36. The van der Waals surface area contributed by atoms with Crippen LogP contribution in [0.5, 0.6) is 0 Å². The monoisotopic (exact) mass is 702 g/mol. The fourth-order valence-corrected chi connectivity index (χ4v) is 6.02. The Kier molecular flexibility index (Phi) is 11.6. The Balaban J connectivity index is 0.000000188. The number of hydrogen-bond acceptors (Lipinski definition) is 10. The number of rotatable bonds is 12. The van der Waals surface area contributed by atoms with Crippen molar-refractivity contribution in [2.45, 2.75) is 39.8 Å². The standard InChI is InChI=1S/2C16H22ClN5O2/c2*1-10(2)22-13-6-14(17)19-7-12(13)15(20-22)21-8-11(9-21)16(23)18-4-5-24-3/h2*6-7,10-11H,4-5,8-9H2,1-3H3,(H,18,23). The molecule has 0 atom stereocenters. The third-order valence-electron chi connectivity index (χ3n) is 8.37. The van der Waals surface area contributed by atoms with Crippen molar-refractivity contribution in [3.8, 4) is 0 Å². The SMILES string of the molecule is COCCNC(=O)C1CN(c2nn(C(C)C)c3cc(Cl)ncc23)C1.COCCNC(=O)C1CN(c2nn(C(C)C)c3cc(Cl)ncc23)C1. The molecule has 2 saturated heterocycles. The Labute approximate surface area is 290 Å². The second-order valence-electron chi connectivity index (χ2n) is 12.5. The zero-order chi connectivity index (χ0) is 34.5. The molecule has 14 nitrogen and oxygen atoms in total. The second-order valence-corrected chi connectivity index (χ2v) is 13.3. The fourth-order valence-electron chi connectivity index (χ4n) is 5.71. The van der Waals surface area contributed by atoms with Crippen molar-refractivity contribution < 1.29 is 19.1 Å². The first-order chi connectivity index (χ1) is 23.0. The highest BCUT2D eigenvalue weighted by Crippen LogP contribution is 2.34. The van der Waals surface area contributed by atoms with Crippen LogP contribution in [-0.4, -0.2) is 108 Å². The van der Waals surface area contributed by atoms with Crippen LogP contribution in [0.1, 0.15) is 39.8 Å². The summed E-state index contributed by atoms with van der Waals surface area (Å²) >= 11 is 12.1. The molecule has 2 fully saturated rings. The zero-order valence-electron chi connectivity index (χ0n) is 28.2. The van der Waals surface area contributed by atoms with E-state index in [9.17, 15) is 9.59 Å². The van der Waals surface area contributed by atoms with Crippen LogP contribution < -0.4 is 20.4 Å². The summed E-state index contributed by atoms with van der Waals surface area (Å²) in [6.45, 7) is 13.1. The number of halogens is 2. The molecule has 0 radical (unpaired) electrons. The summed E-state index contributed by atoms with van der Waals surface area (Å²) in [7, 11) is 3.24. The molecule has 2 N–H and O–H groups in total. The zero-order valence-corrected chi connectivity index (χ0v) is 29.8. The lowest BCUT2D eigenvalue weighted by Gasteiger charge is -2.38. The lowest BCUT2D eigenvalue weighted by Crippen LogP contribution is -2.54. The van der Waals surface area contributed by atoms with Crippen LogP contribution in [0.25, 0.3) is 21.8 Å². The molecule has 2 aliphatic rings. The van der Waals surface area contributed by atoms with E-state index in [1.165, 1.54) is 0 Å². The minimum absolute atomic E-state index is 0.0126. The summed E-state index contributed by atoms with van der Waals surface area (Å²) in [4.78, 5) is 36.7. The largest absolute Gasteiger partial charge is 0.383 e. The van der Waals surface area contributed by atoms with Gasteiger partial charge in [-0.3, -0.25) is 19.0 Å². The van der Waals surface area contributed by atoms with Crippen LogP contribution in [0.4, 0.5) is 11.6 Å². The molecule has 0 aliphatic carbocycles. The predicted molar refractivity (Wildman–Crippen MR) is 187 cm³/mol. The highest BCUT2D eigenvalue weighted by atomic mass is 35.5. The second kappa shape index (κ2) is 15.7. The maximum absolute atomic E-state index is 12.0. The first-order valence-electron chi connectivity index (χ1n) is 16.1. The Morgan fingerprint density at radius 2 is 1.12 bits per heavy atom. The minimum atomic E-state index is -0.0126. The van der Waals surface area contributed by atoms with Crippen molar-refractivity contribution in [1.82, 2.24) is 40.2 Å². The van der Waals surface area contributed by atoms with E-state index in [2.05, 4.69) is 58.1 Å². The number of carbonyl (C=O) groups excluding carboxylic acids is 2. The summed E-state index contributed by atoms with van der Waals surface area (Å²) in [6, 6.07) is 4.10. The number of pyridine rings is 2. The molecule has 48 heavy (non-hydrogen) atoms. The van der Waals surface area contributed by atoms with Gasteiger partial charge in [-0.15, -0.1) is 0 Å². The van der Waals surface area contributed by atoms with E-state index in [0.29, 0.717) is 62.8 Å². The van der Waals surface area contributed by atoms with Gasteiger partial charge in [-0.1, -0.05) is 23.2 Å². The first kappa shape index (κ1) is 35.6. The average molecular weight is 704 g/mol. The molecule has 0 saturated carbocycles. The van der Waals surface area contributed by atoms with Crippen molar-refractivity contribution >= 4 is 68.5 Å². The molecule has 2 amide bonds. The summed E-state index contributed by atoms with van der Waals surface area (Å²) in [6.07, 6.45) is 3.51. The molecule has 16 heteroatoms. The fraction of sp³-hybridized carbons (Fsp3) is 0.562. The molecule has 0 bridgehead atoms. The number of fused-ring (bicyclic) bond motifs is 2. The van der Waals surface area contributed by atoms with Crippen molar-refractivity contribution in [3.63, 3.8) is 0 Å². The number of hydrogen-bond donors (Lipinski definition) is 2. The molecule has 6 rings (SSSR count). The van der Waals surface area contributed by atoms with E-state index in [0.717, 1.165) is 33.4 Å². The molecular formula is C32H44Cl2N10O4. The third-order valence-corrected chi connectivity index (χ3v) is 8.78. The van der Waals surface area contributed by atoms with Gasteiger partial charge in [-0.25, -0.2) is 9.97 Å². The quantitative estimate of drug-likeness (QED) is 0.166. The molecule has 260 valence electrons. The van der Waals surface area contributed by atoms with Crippen LogP contribution in [0.3, 0.4) is 0 Å². The van der Waals surface area contributed by atoms with Crippen molar-refractivity contribution in [3.05, 3.63) is 34.8 Å². The summed E-state index contributed by atoms with van der Waals surface area (Å²) in [5, 5.41) is 18.0. The Hall–Kier alpha value is -3.72. The molecule has 0 aromatic carbocycles. The molecule has 4 aromatic heterocycles. The molecule has 0 unspecified atom stereocenters. The maximum atomic E-state index is 12.0. The van der Waals surface area contributed by atoms with E-state index in [1.807, 2.05) is 21.5 Å². The average Bonchev–Trinajstić information content (AvgIpc) is 3.55. The van der Waals surface area contributed by atoms with Gasteiger partial charge in [-0.05, 0) is 27.7 Å². The summed E-state index contributed by atoms with van der Waals surface area (Å²) in [5.41, 5.74) is 1.93. The Morgan fingerprint density at radius 3 is 1.46 bits per heavy atom. The van der Waals surface area contributed by atoms with Gasteiger partial charge in [0.15, 0.2) is 11.6 Å². The molecule has 6 heterocycles. The maximum Gasteiger partial charge on any atom is 0.226 e. The third kappa shape index (κ3) is 7.77. The van der Waals surface area contributed by atoms with Gasteiger partial charge < -0.3 is 29.9 Å². The number of nitrogens with zero attached hydrogens (tertiary/aromatic N) is 8. The number of ether oxygens (including phenoxy) is 2. The van der Waals surface area contributed by atoms with Gasteiger partial charge in [0, 0.05) is 90.1 Å². The lowest BCUT2D eigenvalue weighted by atomic mass is 9.99. The number of aromatic nitrogens is 6. The first-order valence-corrected chi connectivity index (χ1v) is 16.9. The van der Waals surface area contributed by atoms with E-state index < -0.39 is 0 Å². The Bertz CT molecular complexity index is 1600. The van der Waals surface area contributed by atoms with Crippen LogP contribution >= 0.6 is 23.2 Å². The van der Waals surface area contributed by atoms with Crippen LogP contribution in [0, 0.1) is 11.8 Å². The predicted octanol–water partition coefficient (Wildman–Crippen LogP) is 3.73. The van der Waals surface area contributed by atoms with Gasteiger partial charge in [0.25, 0.3) is 0 Å². The molecule has 0 spiro atoms. The van der Waals surface area contributed by atoms with Gasteiger partial charge in [0.05, 0.1) is 46.9 Å². The van der Waals surface area contributed by atoms with E-state index in [-0.39, 0.29) is 35.7 Å². The van der Waals surface area contributed by atoms with Gasteiger partial charge >= 0.3 is 0 Å². The van der Waals surface area contributed by atoms with Crippen molar-refractivity contribution in [1.29, 1.82) is 0 Å². The molecule has 4 aromatic rings. The van der Waals surface area contributed by atoms with Crippen LogP contribution in [0.2, 0.25) is 10.3 Å². The number of nitrogens with one attached hydrogen (secondary N) is 2. The number of carbonyl (C=O) groups is 2. The molecular weight excluding hydrogens is 659 g/mol. The highest BCUT2D eigenvalue weighted by molar-refractivity contribution is 6.30. The summed E-state index contributed by atoms with van der Waals surface area (Å²) < 4.78 is 13.8. The van der Waals surface area contributed by atoms with Gasteiger partial charge in [0.2, 0.25) is 11.8 Å². The lowest BCUT2D eigenvalue weighted by molar-refractivity contribution is -0.126. The van der Waals surface area contributed by atoms with E-state index in [1.54, 1.807) is 26.6 Å².